The van der Waals surface area contributed by atoms with Crippen molar-refractivity contribution in [2.24, 2.45) is 0 Å². The van der Waals surface area contributed by atoms with Gasteiger partial charge in [0.05, 0.1) is 15.7 Å². The number of hydrogen-bond acceptors (Lipinski definition) is 1. The molecule has 0 aliphatic carbocycles. The minimum atomic E-state index is -0.545. The second kappa shape index (κ2) is 4.51. The molecule has 0 unspecified atom stereocenters. The molecule has 5 heteroatoms. The third-order valence-corrected chi connectivity index (χ3v) is 2.93. The van der Waals surface area contributed by atoms with Crippen LogP contribution in [0.15, 0.2) is 30.3 Å². The standard InChI is InChI=1S/C12H7Cl2F2N/c13-9-3-6(1-2-11(9)16)8-4-7(15)5-10(14)12(8)17/h1-5H,17H2. The fraction of sp³-hybridized carbons (Fsp3) is 0. The Labute approximate surface area is 107 Å². The van der Waals surface area contributed by atoms with Crippen LogP contribution in [0.3, 0.4) is 0 Å². The van der Waals surface area contributed by atoms with Crippen molar-refractivity contribution in [3.8, 4) is 11.1 Å². The van der Waals surface area contributed by atoms with E-state index < -0.39 is 11.6 Å². The van der Waals surface area contributed by atoms with Crippen molar-refractivity contribution in [3.05, 3.63) is 52.0 Å². The molecule has 0 saturated carbocycles. The highest BCUT2D eigenvalue weighted by Gasteiger charge is 2.10. The summed E-state index contributed by atoms with van der Waals surface area (Å²) in [6.07, 6.45) is 0. The minimum absolute atomic E-state index is 0.0534. The van der Waals surface area contributed by atoms with Crippen molar-refractivity contribution in [1.29, 1.82) is 0 Å². The Morgan fingerprint density at radius 1 is 0.941 bits per heavy atom. The molecule has 17 heavy (non-hydrogen) atoms. The molecule has 0 spiro atoms. The van der Waals surface area contributed by atoms with Gasteiger partial charge in [-0.2, -0.15) is 0 Å². The molecule has 2 aromatic carbocycles. The van der Waals surface area contributed by atoms with Crippen LogP contribution in [-0.4, -0.2) is 0 Å². The number of hydrogen-bond donors (Lipinski definition) is 1. The maximum absolute atomic E-state index is 13.2. The van der Waals surface area contributed by atoms with Crippen molar-refractivity contribution < 1.29 is 8.78 Å². The van der Waals surface area contributed by atoms with E-state index in [0.717, 1.165) is 6.07 Å². The van der Waals surface area contributed by atoms with E-state index in [2.05, 4.69) is 0 Å². The summed E-state index contributed by atoms with van der Waals surface area (Å²) in [6.45, 7) is 0. The number of nitrogens with two attached hydrogens (primary N) is 1. The molecule has 88 valence electrons. The summed E-state index contributed by atoms with van der Waals surface area (Å²) >= 11 is 11.4. The molecule has 0 aliphatic heterocycles. The van der Waals surface area contributed by atoms with Gasteiger partial charge in [-0.3, -0.25) is 0 Å². The van der Waals surface area contributed by atoms with Gasteiger partial charge in [-0.15, -0.1) is 0 Å². The van der Waals surface area contributed by atoms with Crippen LogP contribution in [0.5, 0.6) is 0 Å². The summed E-state index contributed by atoms with van der Waals surface area (Å²) in [6, 6.07) is 6.37. The van der Waals surface area contributed by atoms with Crippen molar-refractivity contribution in [3.63, 3.8) is 0 Å². The lowest BCUT2D eigenvalue weighted by molar-refractivity contribution is 0.628. The first kappa shape index (κ1) is 12.1. The SMILES string of the molecule is Nc1c(Cl)cc(F)cc1-c1ccc(F)c(Cl)c1. The van der Waals surface area contributed by atoms with Gasteiger partial charge in [-0.05, 0) is 29.8 Å². The summed E-state index contributed by atoms with van der Waals surface area (Å²) in [5.41, 5.74) is 6.86. The molecule has 0 saturated heterocycles. The molecule has 0 bridgehead atoms. The number of nitrogen functional groups attached to an aromatic ring is 1. The van der Waals surface area contributed by atoms with Crippen LogP contribution in [0.4, 0.5) is 14.5 Å². The van der Waals surface area contributed by atoms with Crippen LogP contribution in [-0.2, 0) is 0 Å². The largest absolute Gasteiger partial charge is 0.397 e. The van der Waals surface area contributed by atoms with Gasteiger partial charge in [0.15, 0.2) is 0 Å². The molecule has 0 aromatic heterocycles. The van der Waals surface area contributed by atoms with Gasteiger partial charge in [0.1, 0.15) is 11.6 Å². The summed E-state index contributed by atoms with van der Waals surface area (Å²) in [7, 11) is 0. The van der Waals surface area contributed by atoms with E-state index in [0.29, 0.717) is 11.1 Å². The Bertz CT molecular complexity index is 585. The zero-order valence-corrected chi connectivity index (χ0v) is 9.99. The monoisotopic (exact) mass is 273 g/mol. The quantitative estimate of drug-likeness (QED) is 0.760. The molecule has 1 nitrogen and oxygen atoms in total. The molecule has 2 N–H and O–H groups in total. The number of halogens is 4. The Hall–Kier alpha value is -1.32. The lowest BCUT2D eigenvalue weighted by atomic mass is 10.0. The average Bonchev–Trinajstić information content (AvgIpc) is 2.27. The summed E-state index contributed by atoms with van der Waals surface area (Å²) < 4.78 is 26.2. The lowest BCUT2D eigenvalue weighted by Crippen LogP contribution is -1.93. The summed E-state index contributed by atoms with van der Waals surface area (Å²) in [5.74, 6) is -1.06. The molecule has 0 atom stereocenters. The number of anilines is 1. The second-order valence-corrected chi connectivity index (χ2v) is 4.29. The Morgan fingerprint density at radius 3 is 2.29 bits per heavy atom. The van der Waals surface area contributed by atoms with Crippen LogP contribution in [0, 0.1) is 11.6 Å². The van der Waals surface area contributed by atoms with E-state index in [-0.39, 0.29) is 15.7 Å². The number of rotatable bonds is 1. The van der Waals surface area contributed by atoms with Crippen molar-refractivity contribution >= 4 is 28.9 Å². The summed E-state index contributed by atoms with van der Waals surface area (Å²) in [4.78, 5) is 0. The van der Waals surface area contributed by atoms with Crippen molar-refractivity contribution in [1.82, 2.24) is 0 Å². The molecule has 0 fully saturated rings. The first-order valence-corrected chi connectivity index (χ1v) is 5.44. The van der Waals surface area contributed by atoms with Gasteiger partial charge in [0.2, 0.25) is 0 Å². The van der Waals surface area contributed by atoms with Crippen LogP contribution >= 0.6 is 23.2 Å². The first-order chi connectivity index (χ1) is 7.99. The fourth-order valence-electron chi connectivity index (χ4n) is 1.49. The van der Waals surface area contributed by atoms with Crippen LogP contribution in [0.25, 0.3) is 11.1 Å². The van der Waals surface area contributed by atoms with Gasteiger partial charge in [0, 0.05) is 5.56 Å². The van der Waals surface area contributed by atoms with Gasteiger partial charge >= 0.3 is 0 Å². The molecule has 0 aliphatic rings. The predicted octanol–water partition coefficient (Wildman–Crippen LogP) is 4.52. The van der Waals surface area contributed by atoms with E-state index in [4.69, 9.17) is 28.9 Å². The van der Waals surface area contributed by atoms with E-state index in [1.807, 2.05) is 0 Å². The van der Waals surface area contributed by atoms with Crippen molar-refractivity contribution in [2.45, 2.75) is 0 Å². The van der Waals surface area contributed by atoms with Crippen LogP contribution in [0.1, 0.15) is 0 Å². The van der Waals surface area contributed by atoms with Crippen LogP contribution < -0.4 is 5.73 Å². The first-order valence-electron chi connectivity index (χ1n) is 4.69. The Kier molecular flexibility index (Phi) is 3.22. The Morgan fingerprint density at radius 2 is 1.65 bits per heavy atom. The highest BCUT2D eigenvalue weighted by Crippen LogP contribution is 2.34. The Balaban J connectivity index is 2.64. The third kappa shape index (κ3) is 2.35. The maximum atomic E-state index is 13.2. The van der Waals surface area contributed by atoms with Gasteiger partial charge in [0.25, 0.3) is 0 Å². The van der Waals surface area contributed by atoms with E-state index in [1.54, 1.807) is 0 Å². The summed E-state index contributed by atoms with van der Waals surface area (Å²) in [5, 5.41) is 0.0581. The second-order valence-electron chi connectivity index (χ2n) is 3.48. The normalized spacial score (nSPS) is 10.6. The van der Waals surface area contributed by atoms with E-state index in [1.165, 1.54) is 24.3 Å². The van der Waals surface area contributed by atoms with Gasteiger partial charge in [-0.1, -0.05) is 29.3 Å². The lowest BCUT2D eigenvalue weighted by Gasteiger charge is -2.08. The molecular formula is C12H7Cl2F2N. The minimum Gasteiger partial charge on any atom is -0.397 e. The molecule has 0 amide bonds. The zero-order chi connectivity index (χ0) is 12.6. The molecule has 2 aromatic rings. The molecule has 2 rings (SSSR count). The molecular weight excluding hydrogens is 267 g/mol. The predicted molar refractivity (Wildman–Crippen MR) is 66.2 cm³/mol. The maximum Gasteiger partial charge on any atom is 0.141 e. The molecule has 0 heterocycles. The third-order valence-electron chi connectivity index (χ3n) is 2.32. The number of benzene rings is 2. The van der Waals surface area contributed by atoms with Crippen molar-refractivity contribution in [2.75, 3.05) is 5.73 Å². The molecule has 0 radical (unpaired) electrons. The topological polar surface area (TPSA) is 26.0 Å². The average molecular weight is 274 g/mol. The van der Waals surface area contributed by atoms with E-state index >= 15 is 0 Å². The smallest absolute Gasteiger partial charge is 0.141 e. The highest BCUT2D eigenvalue weighted by atomic mass is 35.5. The van der Waals surface area contributed by atoms with Gasteiger partial charge in [-0.25, -0.2) is 8.78 Å². The fourth-order valence-corrected chi connectivity index (χ4v) is 1.87. The van der Waals surface area contributed by atoms with Gasteiger partial charge < -0.3 is 5.73 Å². The van der Waals surface area contributed by atoms with Crippen LogP contribution in [0.2, 0.25) is 10.0 Å². The zero-order valence-electron chi connectivity index (χ0n) is 8.48. The van der Waals surface area contributed by atoms with E-state index in [9.17, 15) is 8.78 Å². The highest BCUT2D eigenvalue weighted by molar-refractivity contribution is 6.34.